The lowest BCUT2D eigenvalue weighted by molar-refractivity contribution is 0.153. The van der Waals surface area contributed by atoms with Crippen LogP contribution in [0.25, 0.3) is 0 Å². The monoisotopic (exact) mass is 321 g/mol. The minimum absolute atomic E-state index is 0.466. The van der Waals surface area contributed by atoms with Crippen molar-refractivity contribution < 1.29 is 4.74 Å². The fourth-order valence-electron chi connectivity index (χ4n) is 2.37. The highest BCUT2D eigenvalue weighted by Gasteiger charge is 2.07. The van der Waals surface area contributed by atoms with Gasteiger partial charge in [-0.15, -0.1) is 11.3 Å². The molecule has 4 nitrogen and oxygen atoms in total. The van der Waals surface area contributed by atoms with Crippen LogP contribution in [0.1, 0.15) is 37.5 Å². The molecule has 1 aliphatic heterocycles. The number of nitrogens with one attached hydrogen (secondary N) is 2. The normalized spacial score (nSPS) is 17.0. The van der Waals surface area contributed by atoms with E-state index in [-0.39, 0.29) is 0 Å². The Bertz CT molecular complexity index is 482. The van der Waals surface area contributed by atoms with Crippen LogP contribution < -0.4 is 10.6 Å². The predicted molar refractivity (Wildman–Crippen MR) is 94.9 cm³/mol. The number of nitrogens with zero attached hydrogens (tertiary/aromatic N) is 1. The molecule has 0 saturated heterocycles. The molecule has 0 fully saturated rings. The second-order valence-electron chi connectivity index (χ2n) is 5.50. The van der Waals surface area contributed by atoms with Crippen LogP contribution in [0.15, 0.2) is 34.2 Å². The standard InChI is InChI=1S/C17H27N3OS/c1-3-18-17(19-9-6-15-7-10-21-11-8-15)20-13-14(2)16-5-4-12-22-16/h4-5,7,12,14H,3,6,8-11,13H2,1-2H3,(H2,18,19,20). The van der Waals surface area contributed by atoms with Crippen LogP contribution in [0.3, 0.4) is 0 Å². The fraction of sp³-hybridized carbons (Fsp3) is 0.588. The lowest BCUT2D eigenvalue weighted by atomic mass is 10.1. The van der Waals surface area contributed by atoms with E-state index in [9.17, 15) is 0 Å². The Morgan fingerprint density at radius 3 is 3.05 bits per heavy atom. The second-order valence-corrected chi connectivity index (χ2v) is 6.48. The summed E-state index contributed by atoms with van der Waals surface area (Å²) in [6, 6.07) is 4.29. The maximum atomic E-state index is 5.33. The van der Waals surface area contributed by atoms with Gasteiger partial charge in [0.25, 0.3) is 0 Å². The van der Waals surface area contributed by atoms with Crippen molar-refractivity contribution in [3.8, 4) is 0 Å². The first-order valence-electron chi connectivity index (χ1n) is 8.10. The molecular weight excluding hydrogens is 294 g/mol. The van der Waals surface area contributed by atoms with E-state index in [0.717, 1.165) is 51.6 Å². The van der Waals surface area contributed by atoms with Crippen LogP contribution in [-0.2, 0) is 4.74 Å². The highest BCUT2D eigenvalue weighted by Crippen LogP contribution is 2.20. The van der Waals surface area contributed by atoms with E-state index in [1.54, 1.807) is 11.3 Å². The lowest BCUT2D eigenvalue weighted by Gasteiger charge is -2.16. The summed E-state index contributed by atoms with van der Waals surface area (Å²) in [6.07, 6.45) is 4.33. The second kappa shape index (κ2) is 9.64. The molecule has 1 aromatic rings. The van der Waals surface area contributed by atoms with Gasteiger partial charge in [0.2, 0.25) is 0 Å². The third-order valence-electron chi connectivity index (χ3n) is 3.69. The Morgan fingerprint density at radius 1 is 1.45 bits per heavy atom. The average molecular weight is 321 g/mol. The molecule has 22 heavy (non-hydrogen) atoms. The Kier molecular flexibility index (Phi) is 7.46. The van der Waals surface area contributed by atoms with Crippen LogP contribution in [0, 0.1) is 0 Å². The van der Waals surface area contributed by atoms with Crippen molar-refractivity contribution in [3.63, 3.8) is 0 Å². The van der Waals surface area contributed by atoms with Crippen molar-refractivity contribution >= 4 is 17.3 Å². The van der Waals surface area contributed by atoms with Crippen LogP contribution in [-0.4, -0.2) is 38.8 Å². The van der Waals surface area contributed by atoms with Gasteiger partial charge in [0.05, 0.1) is 19.8 Å². The molecule has 1 unspecified atom stereocenters. The molecule has 1 aliphatic rings. The SMILES string of the molecule is CCNC(=NCC(C)c1cccs1)NCCC1=CCOCC1. The summed E-state index contributed by atoms with van der Waals surface area (Å²) in [6.45, 7) is 8.57. The van der Waals surface area contributed by atoms with Crippen LogP contribution in [0.4, 0.5) is 0 Å². The van der Waals surface area contributed by atoms with E-state index in [2.05, 4.69) is 48.1 Å². The Hall–Kier alpha value is -1.33. The van der Waals surface area contributed by atoms with Crippen molar-refractivity contribution in [3.05, 3.63) is 34.0 Å². The third kappa shape index (κ3) is 5.81. The Morgan fingerprint density at radius 2 is 2.36 bits per heavy atom. The Labute approximate surface area is 137 Å². The summed E-state index contributed by atoms with van der Waals surface area (Å²) in [5.74, 6) is 1.38. The highest BCUT2D eigenvalue weighted by atomic mass is 32.1. The van der Waals surface area contributed by atoms with E-state index < -0.39 is 0 Å². The van der Waals surface area contributed by atoms with Crippen molar-refractivity contribution in [2.45, 2.75) is 32.6 Å². The maximum Gasteiger partial charge on any atom is 0.191 e. The largest absolute Gasteiger partial charge is 0.377 e. The molecule has 0 radical (unpaired) electrons. The molecule has 1 aromatic heterocycles. The van der Waals surface area contributed by atoms with Crippen LogP contribution in [0.2, 0.25) is 0 Å². The number of ether oxygens (including phenoxy) is 1. The van der Waals surface area contributed by atoms with Crippen LogP contribution in [0.5, 0.6) is 0 Å². The smallest absolute Gasteiger partial charge is 0.191 e. The van der Waals surface area contributed by atoms with E-state index in [1.807, 2.05) is 0 Å². The summed E-state index contributed by atoms with van der Waals surface area (Å²) in [7, 11) is 0. The first-order valence-corrected chi connectivity index (χ1v) is 8.98. The zero-order chi connectivity index (χ0) is 15.6. The van der Waals surface area contributed by atoms with Gasteiger partial charge in [0, 0.05) is 23.9 Å². The topological polar surface area (TPSA) is 45.7 Å². The molecule has 2 N–H and O–H groups in total. The van der Waals surface area contributed by atoms with Gasteiger partial charge in [-0.05, 0) is 31.2 Å². The first-order chi connectivity index (χ1) is 10.8. The molecule has 5 heteroatoms. The van der Waals surface area contributed by atoms with E-state index in [1.165, 1.54) is 10.5 Å². The number of rotatable bonds is 7. The summed E-state index contributed by atoms with van der Waals surface area (Å²) in [4.78, 5) is 6.10. The Balaban J connectivity index is 1.78. The molecule has 0 bridgehead atoms. The molecule has 2 heterocycles. The van der Waals surface area contributed by atoms with Gasteiger partial charge in [-0.2, -0.15) is 0 Å². The number of guanidine groups is 1. The first kappa shape index (κ1) is 17.0. The number of hydrogen-bond donors (Lipinski definition) is 2. The van der Waals surface area contributed by atoms with Crippen molar-refractivity contribution in [2.24, 2.45) is 4.99 Å². The third-order valence-corrected chi connectivity index (χ3v) is 4.80. The summed E-state index contributed by atoms with van der Waals surface area (Å²) >= 11 is 1.80. The summed E-state index contributed by atoms with van der Waals surface area (Å²) in [5.41, 5.74) is 1.49. The molecule has 0 amide bonds. The number of thiophene rings is 1. The molecule has 0 spiro atoms. The molecule has 122 valence electrons. The maximum absolute atomic E-state index is 5.33. The molecular formula is C17H27N3OS. The average Bonchev–Trinajstić information content (AvgIpc) is 3.08. The predicted octanol–water partition coefficient (Wildman–Crippen LogP) is 3.14. The minimum atomic E-state index is 0.466. The molecule has 0 aliphatic carbocycles. The number of hydrogen-bond acceptors (Lipinski definition) is 3. The van der Waals surface area contributed by atoms with Gasteiger partial charge in [0.15, 0.2) is 5.96 Å². The van der Waals surface area contributed by atoms with Gasteiger partial charge < -0.3 is 15.4 Å². The quantitative estimate of drug-likeness (QED) is 0.461. The molecule has 1 atom stereocenters. The summed E-state index contributed by atoms with van der Waals surface area (Å²) < 4.78 is 5.33. The van der Waals surface area contributed by atoms with E-state index in [4.69, 9.17) is 9.73 Å². The van der Waals surface area contributed by atoms with Crippen LogP contribution >= 0.6 is 11.3 Å². The summed E-state index contributed by atoms with van der Waals surface area (Å²) in [5, 5.41) is 8.87. The van der Waals surface area contributed by atoms with E-state index in [0.29, 0.717) is 5.92 Å². The molecule has 2 rings (SSSR count). The van der Waals surface area contributed by atoms with Crippen molar-refractivity contribution in [1.82, 2.24) is 10.6 Å². The zero-order valence-corrected chi connectivity index (χ0v) is 14.4. The van der Waals surface area contributed by atoms with E-state index >= 15 is 0 Å². The minimum Gasteiger partial charge on any atom is -0.377 e. The van der Waals surface area contributed by atoms with Crippen molar-refractivity contribution in [1.29, 1.82) is 0 Å². The fourth-order valence-corrected chi connectivity index (χ4v) is 3.14. The van der Waals surface area contributed by atoms with Gasteiger partial charge in [-0.1, -0.05) is 24.6 Å². The highest BCUT2D eigenvalue weighted by molar-refractivity contribution is 7.10. The van der Waals surface area contributed by atoms with Gasteiger partial charge in [0.1, 0.15) is 0 Å². The zero-order valence-electron chi connectivity index (χ0n) is 13.6. The van der Waals surface area contributed by atoms with Gasteiger partial charge in [-0.25, -0.2) is 0 Å². The molecule has 0 saturated carbocycles. The van der Waals surface area contributed by atoms with Gasteiger partial charge in [-0.3, -0.25) is 4.99 Å². The number of aliphatic imine (C=N–C) groups is 1. The lowest BCUT2D eigenvalue weighted by Crippen LogP contribution is -2.38. The van der Waals surface area contributed by atoms with Crippen molar-refractivity contribution in [2.75, 3.05) is 32.8 Å². The van der Waals surface area contributed by atoms with Gasteiger partial charge >= 0.3 is 0 Å². The molecule has 0 aromatic carbocycles.